The summed E-state index contributed by atoms with van der Waals surface area (Å²) < 4.78 is 9.33. The third-order valence-electron chi connectivity index (χ3n) is 5.70. The maximum absolute atomic E-state index is 11.6. The molecule has 0 aliphatic heterocycles. The Labute approximate surface area is 364 Å². The number of alkyl halides is 1. The van der Waals surface area contributed by atoms with E-state index in [4.69, 9.17) is 15.6 Å². The molecule has 0 amide bonds. The molecule has 2 heterocycles. The number of benzene rings is 3. The van der Waals surface area contributed by atoms with E-state index in [1.54, 1.807) is 13.8 Å². The Hall–Kier alpha value is -5.23. The summed E-state index contributed by atoms with van der Waals surface area (Å²) >= 11 is 10.2. The van der Waals surface area contributed by atoms with Crippen molar-refractivity contribution in [2.45, 2.75) is 62.3 Å². The van der Waals surface area contributed by atoms with Gasteiger partial charge in [-0.3, -0.25) is 4.79 Å². The number of aromatic nitrogens is 2. The van der Waals surface area contributed by atoms with Gasteiger partial charge in [-0.25, -0.2) is 24.4 Å². The van der Waals surface area contributed by atoms with E-state index in [-0.39, 0.29) is 23.6 Å². The number of thiazole rings is 2. The van der Waals surface area contributed by atoms with E-state index in [2.05, 4.69) is 58.8 Å². The molecule has 5 aromatic rings. The van der Waals surface area contributed by atoms with Crippen LogP contribution in [-0.4, -0.2) is 62.4 Å². The molecule has 0 radical (unpaired) electrons. The molecule has 0 saturated heterocycles. The number of aromatic carboxylic acids is 1. The zero-order valence-electron chi connectivity index (χ0n) is 34.3. The first kappa shape index (κ1) is 54.9. The summed E-state index contributed by atoms with van der Waals surface area (Å²) in [7, 11) is 0. The number of aryl methyl sites for hydroxylation is 1. The van der Waals surface area contributed by atoms with E-state index in [9.17, 15) is 19.2 Å². The van der Waals surface area contributed by atoms with Crippen LogP contribution in [0.15, 0.2) is 96.4 Å². The third-order valence-corrected chi connectivity index (χ3v) is 7.96. The van der Waals surface area contributed by atoms with Gasteiger partial charge in [0.15, 0.2) is 26.8 Å². The Morgan fingerprint density at radius 3 is 1.59 bits per heavy atom. The number of Topliss-reactive ketones (excluding diaryl/α,β-unsaturated/α-hetero) is 1. The number of nitrogens with two attached hydrogens (primary N) is 1. The lowest BCUT2D eigenvalue weighted by molar-refractivity contribution is -0.152. The highest BCUT2D eigenvalue weighted by Crippen LogP contribution is 2.26. The van der Waals surface area contributed by atoms with E-state index in [0.717, 1.165) is 21.9 Å². The number of para-hydroxylation sites is 3. The van der Waals surface area contributed by atoms with Crippen molar-refractivity contribution in [3.05, 3.63) is 113 Å². The smallest absolute Gasteiger partial charge is 0.375 e. The fourth-order valence-corrected chi connectivity index (χ4v) is 5.36. The quantitative estimate of drug-likeness (QED) is 0.0363. The van der Waals surface area contributed by atoms with Crippen molar-refractivity contribution in [1.29, 1.82) is 0 Å². The standard InChI is InChI=1S/C13H14N2O2S.C10H8N2O2S.C7H8N2S.C5H7BrO3.3C2H6/c1-3-17-12(16)11-9(2)18-13(15-11)14-10-7-5-4-6-8-10;13-9(14)8-6-15-10(12-8)11-7-4-2-1-3-5-7;8-7(10)9-6-4-2-1-3-5-6;1-2-9-5(8)4(7)3-6;3*1-2/h4-8H,3H2,1-2H3,(H,14,15);1-6H,(H,11,12)(H,13,14);1-5H,(H3,8,9,10);2-3H2,1H3;3*1-2H3. The number of thiocarbonyl (C=S) groups is 1. The minimum atomic E-state index is -1.01. The summed E-state index contributed by atoms with van der Waals surface area (Å²) in [5.41, 5.74) is 8.47. The summed E-state index contributed by atoms with van der Waals surface area (Å²) in [5.74, 6) is -2.69. The number of ketones is 1. The van der Waals surface area contributed by atoms with Crippen LogP contribution in [-0.2, 0) is 19.1 Å². The minimum Gasteiger partial charge on any atom is -0.476 e. The monoisotopic (exact) mass is 918 g/mol. The van der Waals surface area contributed by atoms with Gasteiger partial charge < -0.3 is 36.3 Å². The number of esters is 2. The molecule has 0 saturated carbocycles. The number of carboxylic acids is 1. The SMILES string of the molecule is CC.CC.CC.CCOC(=O)C(=O)CBr.CCOC(=O)c1nc(Nc2ccccc2)sc1C.NC(=S)Nc1ccccc1.O=C(O)c1csc(Nc2ccccc2)n1. The van der Waals surface area contributed by atoms with E-state index < -0.39 is 17.7 Å². The van der Waals surface area contributed by atoms with Crippen LogP contribution in [0.4, 0.5) is 27.3 Å². The molecule has 0 bridgehead atoms. The first-order chi connectivity index (χ1) is 28.0. The largest absolute Gasteiger partial charge is 0.476 e. The van der Waals surface area contributed by atoms with Gasteiger partial charge in [0.05, 0.1) is 18.5 Å². The lowest BCUT2D eigenvalue weighted by Crippen LogP contribution is -2.18. The molecule has 5 rings (SSSR count). The van der Waals surface area contributed by atoms with Crippen molar-refractivity contribution in [3.63, 3.8) is 0 Å². The van der Waals surface area contributed by atoms with Gasteiger partial charge in [0, 0.05) is 27.3 Å². The van der Waals surface area contributed by atoms with Crippen LogP contribution in [0.1, 0.15) is 81.2 Å². The number of hydrogen-bond acceptors (Lipinski definition) is 13. The minimum absolute atomic E-state index is 0.0336. The summed E-state index contributed by atoms with van der Waals surface area (Å²) in [6.07, 6.45) is 0. The Bertz CT molecular complexity index is 1860. The molecule has 0 aliphatic carbocycles. The number of halogens is 1. The maximum atomic E-state index is 11.6. The van der Waals surface area contributed by atoms with E-state index >= 15 is 0 Å². The van der Waals surface area contributed by atoms with Gasteiger partial charge >= 0.3 is 17.9 Å². The zero-order chi connectivity index (χ0) is 44.3. The first-order valence-corrected chi connectivity index (χ1v) is 21.5. The van der Waals surface area contributed by atoms with Crippen LogP contribution in [0, 0.1) is 6.92 Å². The van der Waals surface area contributed by atoms with Crippen LogP contribution in [0.25, 0.3) is 0 Å². The lowest BCUT2D eigenvalue weighted by Gasteiger charge is -2.00. The Kier molecular flexibility index (Phi) is 33.1. The number of anilines is 5. The average Bonchev–Trinajstić information content (AvgIpc) is 3.88. The molecule has 3 aromatic carbocycles. The number of carbonyl (C=O) groups is 4. The highest BCUT2D eigenvalue weighted by Gasteiger charge is 2.16. The zero-order valence-corrected chi connectivity index (χ0v) is 38.4. The molecule has 0 atom stereocenters. The first-order valence-electron chi connectivity index (χ1n) is 18.3. The van der Waals surface area contributed by atoms with E-state index in [1.165, 1.54) is 28.1 Å². The summed E-state index contributed by atoms with van der Waals surface area (Å²) in [4.78, 5) is 52.0. The number of carboxylic acid groups (broad SMARTS) is 1. The summed E-state index contributed by atoms with van der Waals surface area (Å²) in [5, 5.41) is 20.8. The van der Waals surface area contributed by atoms with Gasteiger partial charge in [-0.05, 0) is 69.4 Å². The number of ether oxygens (including phenoxy) is 2. The van der Waals surface area contributed by atoms with Crippen LogP contribution in [0.3, 0.4) is 0 Å². The van der Waals surface area contributed by atoms with Gasteiger partial charge in [-0.2, -0.15) is 0 Å². The molecular weight excluding hydrogens is 865 g/mol. The third kappa shape index (κ3) is 24.4. The molecular formula is C41H55BrN6O7S3. The highest BCUT2D eigenvalue weighted by atomic mass is 79.9. The van der Waals surface area contributed by atoms with Crippen LogP contribution < -0.4 is 21.7 Å². The molecule has 0 fully saturated rings. The van der Waals surface area contributed by atoms with E-state index in [0.29, 0.717) is 27.7 Å². The molecule has 6 N–H and O–H groups in total. The van der Waals surface area contributed by atoms with Crippen molar-refractivity contribution < 1.29 is 33.8 Å². The van der Waals surface area contributed by atoms with Crippen molar-refractivity contribution in [1.82, 2.24) is 9.97 Å². The molecule has 13 nitrogen and oxygen atoms in total. The second kappa shape index (κ2) is 35.0. The van der Waals surface area contributed by atoms with Crippen LogP contribution >= 0.6 is 50.8 Å². The number of carbonyl (C=O) groups excluding carboxylic acids is 3. The average molecular weight is 920 g/mol. The van der Waals surface area contributed by atoms with Gasteiger partial charge in [0.1, 0.15) is 0 Å². The highest BCUT2D eigenvalue weighted by molar-refractivity contribution is 9.09. The molecule has 0 spiro atoms. The molecule has 0 aliphatic rings. The molecule has 17 heteroatoms. The van der Waals surface area contributed by atoms with Crippen molar-refractivity contribution in [2.24, 2.45) is 5.73 Å². The number of nitrogens with zero attached hydrogens (tertiary/aromatic N) is 2. The predicted octanol–water partition coefficient (Wildman–Crippen LogP) is 10.9. The number of hydrogen-bond donors (Lipinski definition) is 5. The second-order valence-electron chi connectivity index (χ2n) is 9.60. The summed E-state index contributed by atoms with van der Waals surface area (Å²) in [6, 6.07) is 28.8. The van der Waals surface area contributed by atoms with Gasteiger partial charge in [0.25, 0.3) is 0 Å². The number of rotatable bonds is 11. The van der Waals surface area contributed by atoms with Crippen LogP contribution in [0.5, 0.6) is 0 Å². The fraction of sp³-hybridized carbons (Fsp3) is 0.293. The van der Waals surface area contributed by atoms with Gasteiger partial charge in [-0.1, -0.05) is 112 Å². The summed E-state index contributed by atoms with van der Waals surface area (Å²) in [6.45, 7) is 17.9. The Morgan fingerprint density at radius 1 is 0.741 bits per heavy atom. The topological polar surface area (TPSA) is 195 Å². The molecule has 316 valence electrons. The Morgan fingerprint density at radius 2 is 1.19 bits per heavy atom. The normalized spacial score (nSPS) is 8.86. The lowest BCUT2D eigenvalue weighted by atomic mass is 10.3. The van der Waals surface area contributed by atoms with Gasteiger partial charge in [-0.15, -0.1) is 22.7 Å². The van der Waals surface area contributed by atoms with Crippen molar-refractivity contribution in [2.75, 3.05) is 34.5 Å². The van der Waals surface area contributed by atoms with Gasteiger partial charge in [0.2, 0.25) is 5.78 Å². The van der Waals surface area contributed by atoms with Crippen molar-refractivity contribution >= 4 is 107 Å². The van der Waals surface area contributed by atoms with Crippen molar-refractivity contribution in [3.8, 4) is 0 Å². The number of nitrogens with one attached hydrogen (secondary N) is 3. The fourth-order valence-electron chi connectivity index (χ4n) is 3.49. The second-order valence-corrected chi connectivity index (χ2v) is 12.7. The molecule has 2 aromatic heterocycles. The maximum Gasteiger partial charge on any atom is 0.375 e. The van der Waals surface area contributed by atoms with Crippen LogP contribution in [0.2, 0.25) is 0 Å². The molecule has 58 heavy (non-hydrogen) atoms. The predicted molar refractivity (Wildman–Crippen MR) is 248 cm³/mol. The Balaban J connectivity index is 0. The van der Waals surface area contributed by atoms with E-state index in [1.807, 2.05) is 139 Å². The molecule has 0 unspecified atom stereocenters.